The molecule has 102 valence electrons. The second kappa shape index (κ2) is 6.57. The van der Waals surface area contributed by atoms with Crippen LogP contribution in [0, 0.1) is 6.92 Å². The maximum Gasteiger partial charge on any atom is 0.330 e. The van der Waals surface area contributed by atoms with Crippen molar-refractivity contribution in [2.24, 2.45) is 0 Å². The highest BCUT2D eigenvalue weighted by Gasteiger charge is 1.99. The van der Waals surface area contributed by atoms with Gasteiger partial charge in [-0.2, -0.15) is 0 Å². The van der Waals surface area contributed by atoms with Crippen LogP contribution in [-0.2, 0) is 16.1 Å². The van der Waals surface area contributed by atoms with Gasteiger partial charge < -0.3 is 10.1 Å². The molecule has 20 heavy (non-hydrogen) atoms. The predicted molar refractivity (Wildman–Crippen MR) is 80.9 cm³/mol. The van der Waals surface area contributed by atoms with E-state index in [1.807, 2.05) is 36.4 Å². The second-order valence-electron chi connectivity index (χ2n) is 4.50. The Balaban J connectivity index is 1.95. The highest BCUT2D eigenvalue weighted by Crippen LogP contribution is 2.17. The molecule has 0 radical (unpaired) electrons. The summed E-state index contributed by atoms with van der Waals surface area (Å²) in [7, 11) is 0. The van der Waals surface area contributed by atoms with E-state index in [1.165, 1.54) is 5.56 Å². The number of benzene rings is 2. The molecular weight excluding hydrogens is 250 g/mol. The Bertz CT molecular complexity index is 585. The molecule has 0 aliphatic heterocycles. The zero-order valence-electron chi connectivity index (χ0n) is 11.4. The van der Waals surface area contributed by atoms with Crippen LogP contribution >= 0.6 is 0 Å². The van der Waals surface area contributed by atoms with Crippen LogP contribution in [-0.4, -0.2) is 5.97 Å². The first-order chi connectivity index (χ1) is 9.67. The molecular formula is C17H17NO2. The average molecular weight is 267 g/mol. The van der Waals surface area contributed by atoms with Crippen molar-refractivity contribution in [3.8, 4) is 0 Å². The fourth-order valence-corrected chi connectivity index (χ4v) is 1.70. The molecule has 0 amide bonds. The SMILES string of the molecule is C=CC(=O)OCc1ccc(Nc2ccc(C)cc2)cc1. The Labute approximate surface area is 118 Å². The normalized spacial score (nSPS) is 9.85. The van der Waals surface area contributed by atoms with Gasteiger partial charge in [-0.25, -0.2) is 4.79 Å². The Morgan fingerprint density at radius 1 is 1.10 bits per heavy atom. The highest BCUT2D eigenvalue weighted by atomic mass is 16.5. The van der Waals surface area contributed by atoms with Gasteiger partial charge >= 0.3 is 5.97 Å². The van der Waals surface area contributed by atoms with Crippen molar-refractivity contribution in [3.05, 3.63) is 72.3 Å². The van der Waals surface area contributed by atoms with Crippen LogP contribution < -0.4 is 5.32 Å². The minimum Gasteiger partial charge on any atom is -0.458 e. The summed E-state index contributed by atoms with van der Waals surface area (Å²) in [6.07, 6.45) is 1.16. The van der Waals surface area contributed by atoms with Crippen molar-refractivity contribution >= 4 is 17.3 Å². The van der Waals surface area contributed by atoms with E-state index in [9.17, 15) is 4.79 Å². The van der Waals surface area contributed by atoms with Gasteiger partial charge in [-0.15, -0.1) is 0 Å². The van der Waals surface area contributed by atoms with E-state index >= 15 is 0 Å². The molecule has 0 saturated carbocycles. The molecule has 0 unspecified atom stereocenters. The molecule has 1 N–H and O–H groups in total. The van der Waals surface area contributed by atoms with E-state index in [0.29, 0.717) is 0 Å². The van der Waals surface area contributed by atoms with Gasteiger partial charge in [-0.1, -0.05) is 36.4 Å². The topological polar surface area (TPSA) is 38.3 Å². The van der Waals surface area contributed by atoms with Gasteiger partial charge in [-0.3, -0.25) is 0 Å². The summed E-state index contributed by atoms with van der Waals surface area (Å²) in [4.78, 5) is 11.0. The quantitative estimate of drug-likeness (QED) is 0.658. The molecule has 0 heterocycles. The van der Waals surface area contributed by atoms with Gasteiger partial charge in [0, 0.05) is 17.5 Å². The lowest BCUT2D eigenvalue weighted by Gasteiger charge is -2.08. The summed E-state index contributed by atoms with van der Waals surface area (Å²) in [5, 5.41) is 3.31. The first-order valence-electron chi connectivity index (χ1n) is 6.39. The highest BCUT2D eigenvalue weighted by molar-refractivity contribution is 5.81. The van der Waals surface area contributed by atoms with Crippen LogP contribution in [0.25, 0.3) is 0 Å². The van der Waals surface area contributed by atoms with Crippen LogP contribution in [0.1, 0.15) is 11.1 Å². The minimum absolute atomic E-state index is 0.260. The summed E-state index contributed by atoms with van der Waals surface area (Å²) < 4.78 is 4.97. The molecule has 2 aromatic carbocycles. The fraction of sp³-hybridized carbons (Fsp3) is 0.118. The number of anilines is 2. The summed E-state index contributed by atoms with van der Waals surface area (Å²) >= 11 is 0. The van der Waals surface area contributed by atoms with Crippen molar-refractivity contribution < 1.29 is 9.53 Å². The number of carbonyl (C=O) groups is 1. The van der Waals surface area contributed by atoms with E-state index in [2.05, 4.69) is 31.0 Å². The van der Waals surface area contributed by atoms with Crippen LogP contribution in [0.3, 0.4) is 0 Å². The number of nitrogens with one attached hydrogen (secondary N) is 1. The maximum atomic E-state index is 11.0. The van der Waals surface area contributed by atoms with Gasteiger partial charge in [0.25, 0.3) is 0 Å². The standard InChI is InChI=1S/C17H17NO2/c1-3-17(19)20-12-14-6-10-16(11-7-14)18-15-8-4-13(2)5-9-15/h3-11,18H,1,12H2,2H3. The second-order valence-corrected chi connectivity index (χ2v) is 4.50. The van der Waals surface area contributed by atoms with Crippen LogP contribution in [0.15, 0.2) is 61.2 Å². The third-order valence-corrected chi connectivity index (χ3v) is 2.84. The van der Waals surface area contributed by atoms with E-state index in [0.717, 1.165) is 23.0 Å². The Hall–Kier alpha value is -2.55. The molecule has 2 rings (SSSR count). The number of ether oxygens (including phenoxy) is 1. The smallest absolute Gasteiger partial charge is 0.330 e. The summed E-state index contributed by atoms with van der Waals surface area (Å²) in [5.74, 6) is -0.410. The Morgan fingerprint density at radius 2 is 1.65 bits per heavy atom. The average Bonchev–Trinajstić information content (AvgIpc) is 2.48. The number of hydrogen-bond donors (Lipinski definition) is 1. The van der Waals surface area contributed by atoms with Crippen molar-refractivity contribution in [1.29, 1.82) is 0 Å². The van der Waals surface area contributed by atoms with Gasteiger partial charge in [0.2, 0.25) is 0 Å². The molecule has 0 bridgehead atoms. The van der Waals surface area contributed by atoms with Gasteiger partial charge in [0.15, 0.2) is 0 Å². The maximum absolute atomic E-state index is 11.0. The molecule has 0 aliphatic carbocycles. The molecule has 0 fully saturated rings. The molecule has 3 heteroatoms. The largest absolute Gasteiger partial charge is 0.458 e. The predicted octanol–water partition coefficient (Wildman–Crippen LogP) is 3.97. The zero-order valence-corrected chi connectivity index (χ0v) is 11.4. The Kier molecular flexibility index (Phi) is 4.56. The van der Waals surface area contributed by atoms with Crippen LogP contribution in [0.5, 0.6) is 0 Å². The monoisotopic (exact) mass is 267 g/mol. The molecule has 0 atom stereocenters. The van der Waals surface area contributed by atoms with Gasteiger partial charge in [-0.05, 0) is 36.8 Å². The summed E-state index contributed by atoms with van der Waals surface area (Å²) in [6.45, 7) is 5.67. The lowest BCUT2D eigenvalue weighted by molar-refractivity contribution is -0.138. The number of hydrogen-bond acceptors (Lipinski definition) is 3. The molecule has 3 nitrogen and oxygen atoms in total. The molecule has 0 saturated heterocycles. The molecule has 0 aromatic heterocycles. The van der Waals surface area contributed by atoms with Crippen molar-refractivity contribution in [2.45, 2.75) is 13.5 Å². The van der Waals surface area contributed by atoms with Crippen LogP contribution in [0.2, 0.25) is 0 Å². The first-order valence-corrected chi connectivity index (χ1v) is 6.39. The summed E-state index contributed by atoms with van der Waals surface area (Å²) in [5.41, 5.74) is 4.21. The third-order valence-electron chi connectivity index (χ3n) is 2.84. The lowest BCUT2D eigenvalue weighted by Crippen LogP contribution is -2.00. The van der Waals surface area contributed by atoms with E-state index in [4.69, 9.17) is 4.74 Å². The third kappa shape index (κ3) is 3.99. The number of aryl methyl sites for hydroxylation is 1. The minimum atomic E-state index is -0.410. The van der Waals surface area contributed by atoms with Crippen molar-refractivity contribution in [1.82, 2.24) is 0 Å². The lowest BCUT2D eigenvalue weighted by atomic mass is 10.2. The van der Waals surface area contributed by atoms with Crippen molar-refractivity contribution in [2.75, 3.05) is 5.32 Å². The van der Waals surface area contributed by atoms with Gasteiger partial charge in [0.1, 0.15) is 6.61 Å². The molecule has 2 aromatic rings. The van der Waals surface area contributed by atoms with Gasteiger partial charge in [0.05, 0.1) is 0 Å². The fourth-order valence-electron chi connectivity index (χ4n) is 1.70. The van der Waals surface area contributed by atoms with Crippen LogP contribution in [0.4, 0.5) is 11.4 Å². The molecule has 0 aliphatic rings. The van der Waals surface area contributed by atoms with Crippen molar-refractivity contribution in [3.63, 3.8) is 0 Å². The van der Waals surface area contributed by atoms with E-state index in [-0.39, 0.29) is 6.61 Å². The molecule has 0 spiro atoms. The Morgan fingerprint density at radius 3 is 2.20 bits per heavy atom. The van der Waals surface area contributed by atoms with E-state index < -0.39 is 5.97 Å². The number of esters is 1. The first kappa shape index (κ1) is 13.9. The van der Waals surface area contributed by atoms with E-state index in [1.54, 1.807) is 0 Å². The zero-order chi connectivity index (χ0) is 14.4. The number of carbonyl (C=O) groups excluding carboxylic acids is 1. The summed E-state index contributed by atoms with van der Waals surface area (Å²) in [6, 6.07) is 16.0. The number of rotatable bonds is 5.